The normalized spacial score (nSPS) is 10.6. The molecule has 6 heteroatoms. The average Bonchev–Trinajstić information content (AvgIpc) is 3.02. The summed E-state index contributed by atoms with van der Waals surface area (Å²) in [6.07, 6.45) is 0.387. The summed E-state index contributed by atoms with van der Waals surface area (Å²) in [4.78, 5) is 28.1. The summed E-state index contributed by atoms with van der Waals surface area (Å²) in [7, 11) is 0. The van der Waals surface area contributed by atoms with Crippen molar-refractivity contribution >= 4 is 39.1 Å². The van der Waals surface area contributed by atoms with Crippen LogP contribution in [-0.2, 0) is 27.2 Å². The number of carbonyl (C=O) groups excluding carboxylic acids is 2. The molecule has 0 fully saturated rings. The van der Waals surface area contributed by atoms with Crippen LogP contribution in [0.5, 0.6) is 0 Å². The monoisotopic (exact) mass is 354 g/mol. The van der Waals surface area contributed by atoms with Gasteiger partial charge in [0.25, 0.3) is 0 Å². The number of hydrogen-bond donors (Lipinski definition) is 1. The quantitative estimate of drug-likeness (QED) is 0.687. The van der Waals surface area contributed by atoms with E-state index in [0.717, 1.165) is 16.3 Å². The van der Waals surface area contributed by atoms with Crippen LogP contribution >= 0.6 is 11.3 Å². The van der Waals surface area contributed by atoms with E-state index < -0.39 is 0 Å². The molecule has 128 valence electrons. The van der Waals surface area contributed by atoms with E-state index in [2.05, 4.69) is 10.3 Å². The predicted molar refractivity (Wildman–Crippen MR) is 98.7 cm³/mol. The van der Waals surface area contributed by atoms with Crippen molar-refractivity contribution in [3.63, 3.8) is 0 Å². The Morgan fingerprint density at radius 2 is 1.92 bits per heavy atom. The van der Waals surface area contributed by atoms with Crippen molar-refractivity contribution in [2.75, 3.05) is 11.9 Å². The van der Waals surface area contributed by atoms with Crippen molar-refractivity contribution in [1.29, 1.82) is 0 Å². The molecule has 0 saturated heterocycles. The highest BCUT2D eigenvalue weighted by atomic mass is 32.1. The lowest BCUT2D eigenvalue weighted by Crippen LogP contribution is -2.14. The van der Waals surface area contributed by atoms with E-state index in [1.165, 1.54) is 11.3 Å². The van der Waals surface area contributed by atoms with Gasteiger partial charge in [0.2, 0.25) is 5.91 Å². The maximum Gasteiger partial charge on any atom is 0.311 e. The third-order valence-electron chi connectivity index (χ3n) is 3.66. The summed E-state index contributed by atoms with van der Waals surface area (Å²) in [5.41, 5.74) is 1.57. The van der Waals surface area contributed by atoms with Gasteiger partial charge < -0.3 is 10.1 Å². The first kappa shape index (κ1) is 17.1. The number of benzene rings is 2. The van der Waals surface area contributed by atoms with Gasteiger partial charge in [-0.15, -0.1) is 11.3 Å². The topological polar surface area (TPSA) is 68.3 Å². The largest absolute Gasteiger partial charge is 0.466 e. The summed E-state index contributed by atoms with van der Waals surface area (Å²) in [5.74, 6) is -0.449. The highest BCUT2D eigenvalue weighted by Gasteiger charge is 2.12. The van der Waals surface area contributed by atoms with Gasteiger partial charge in [0, 0.05) is 5.38 Å². The van der Waals surface area contributed by atoms with E-state index in [4.69, 9.17) is 4.74 Å². The van der Waals surface area contributed by atoms with Crippen LogP contribution in [0.2, 0.25) is 0 Å². The van der Waals surface area contributed by atoms with Crippen LogP contribution in [0.3, 0.4) is 0 Å². The zero-order valence-electron chi connectivity index (χ0n) is 13.8. The van der Waals surface area contributed by atoms with Crippen LogP contribution in [0.25, 0.3) is 10.8 Å². The molecule has 1 amide bonds. The number of aromatic nitrogens is 1. The van der Waals surface area contributed by atoms with E-state index in [1.807, 2.05) is 42.5 Å². The Kier molecular flexibility index (Phi) is 5.40. The van der Waals surface area contributed by atoms with Gasteiger partial charge >= 0.3 is 5.97 Å². The zero-order chi connectivity index (χ0) is 17.6. The fourth-order valence-corrected chi connectivity index (χ4v) is 3.31. The summed E-state index contributed by atoms with van der Waals surface area (Å²) in [5, 5.41) is 7.22. The van der Waals surface area contributed by atoms with Gasteiger partial charge in [0.1, 0.15) is 0 Å². The SMILES string of the molecule is CCOC(=O)Cc1csc(NC(=O)Cc2cccc3ccccc23)n1. The van der Waals surface area contributed by atoms with Crippen LogP contribution in [-0.4, -0.2) is 23.5 Å². The van der Waals surface area contributed by atoms with Gasteiger partial charge in [-0.05, 0) is 23.3 Å². The summed E-state index contributed by atoms with van der Waals surface area (Å²) >= 11 is 1.30. The van der Waals surface area contributed by atoms with Crippen molar-refractivity contribution in [1.82, 2.24) is 4.98 Å². The second-order valence-electron chi connectivity index (χ2n) is 5.49. The molecule has 0 atom stereocenters. The number of ether oxygens (including phenoxy) is 1. The Bertz CT molecular complexity index is 899. The third kappa shape index (κ3) is 4.42. The Labute approximate surface area is 149 Å². The molecule has 0 radical (unpaired) electrons. The first-order valence-electron chi connectivity index (χ1n) is 8.02. The zero-order valence-corrected chi connectivity index (χ0v) is 14.6. The van der Waals surface area contributed by atoms with Gasteiger partial charge in [0.05, 0.1) is 25.1 Å². The molecular formula is C19H18N2O3S. The Balaban J connectivity index is 1.65. The molecule has 3 rings (SSSR count). The number of amides is 1. The van der Waals surface area contributed by atoms with Crippen LogP contribution in [0.1, 0.15) is 18.2 Å². The number of carbonyl (C=O) groups is 2. The van der Waals surface area contributed by atoms with Crippen LogP contribution in [0, 0.1) is 0 Å². The number of hydrogen-bond acceptors (Lipinski definition) is 5. The van der Waals surface area contributed by atoms with Gasteiger partial charge in [-0.2, -0.15) is 0 Å². The minimum absolute atomic E-state index is 0.115. The first-order chi connectivity index (χ1) is 12.2. The van der Waals surface area contributed by atoms with Crippen molar-refractivity contribution in [2.45, 2.75) is 19.8 Å². The number of esters is 1. The highest BCUT2D eigenvalue weighted by molar-refractivity contribution is 7.13. The molecule has 5 nitrogen and oxygen atoms in total. The van der Waals surface area contributed by atoms with Gasteiger partial charge in [-0.3, -0.25) is 9.59 Å². The number of thiazole rings is 1. The van der Waals surface area contributed by atoms with Crippen molar-refractivity contribution in [3.8, 4) is 0 Å². The van der Waals surface area contributed by atoms with Gasteiger partial charge in [-0.1, -0.05) is 42.5 Å². The maximum atomic E-state index is 12.3. The van der Waals surface area contributed by atoms with Crippen molar-refractivity contribution in [3.05, 3.63) is 59.1 Å². The molecule has 0 aliphatic rings. The maximum absolute atomic E-state index is 12.3. The standard InChI is InChI=1S/C19H18N2O3S/c1-2-24-18(23)11-15-12-25-19(20-15)21-17(22)10-14-8-5-7-13-6-3-4-9-16(13)14/h3-9,12H,2,10-11H2,1H3,(H,20,21,22). The average molecular weight is 354 g/mol. The highest BCUT2D eigenvalue weighted by Crippen LogP contribution is 2.20. The molecule has 1 aromatic heterocycles. The Morgan fingerprint density at radius 3 is 2.76 bits per heavy atom. The fourth-order valence-electron chi connectivity index (χ4n) is 2.59. The molecule has 0 unspecified atom stereocenters. The third-order valence-corrected chi connectivity index (χ3v) is 4.47. The molecular weight excluding hydrogens is 336 g/mol. The number of fused-ring (bicyclic) bond motifs is 1. The van der Waals surface area contributed by atoms with Gasteiger partial charge in [0.15, 0.2) is 5.13 Å². The van der Waals surface area contributed by atoms with Crippen LogP contribution in [0.4, 0.5) is 5.13 Å². The molecule has 25 heavy (non-hydrogen) atoms. The van der Waals surface area contributed by atoms with E-state index in [9.17, 15) is 9.59 Å². The Hall–Kier alpha value is -2.73. The fraction of sp³-hybridized carbons (Fsp3) is 0.211. The molecule has 0 spiro atoms. The van der Waals surface area contributed by atoms with Crippen molar-refractivity contribution in [2.24, 2.45) is 0 Å². The summed E-state index contributed by atoms with van der Waals surface area (Å²) < 4.78 is 4.89. The summed E-state index contributed by atoms with van der Waals surface area (Å²) in [6.45, 7) is 2.11. The molecule has 3 aromatic rings. The molecule has 0 aliphatic carbocycles. The predicted octanol–water partition coefficient (Wildman–Crippen LogP) is 3.58. The number of anilines is 1. The minimum atomic E-state index is -0.318. The van der Waals surface area contributed by atoms with E-state index in [0.29, 0.717) is 17.4 Å². The van der Waals surface area contributed by atoms with E-state index in [-0.39, 0.29) is 24.7 Å². The molecule has 1 N–H and O–H groups in total. The van der Waals surface area contributed by atoms with E-state index in [1.54, 1.807) is 12.3 Å². The summed E-state index contributed by atoms with van der Waals surface area (Å²) in [6, 6.07) is 13.9. The number of nitrogens with zero attached hydrogens (tertiary/aromatic N) is 1. The first-order valence-corrected chi connectivity index (χ1v) is 8.90. The van der Waals surface area contributed by atoms with Crippen LogP contribution in [0.15, 0.2) is 47.8 Å². The molecule has 0 bridgehead atoms. The minimum Gasteiger partial charge on any atom is -0.466 e. The number of rotatable bonds is 6. The van der Waals surface area contributed by atoms with Crippen molar-refractivity contribution < 1.29 is 14.3 Å². The van der Waals surface area contributed by atoms with E-state index >= 15 is 0 Å². The lowest BCUT2D eigenvalue weighted by atomic mass is 10.0. The molecule has 2 aromatic carbocycles. The molecule has 0 aliphatic heterocycles. The Morgan fingerprint density at radius 1 is 1.12 bits per heavy atom. The van der Waals surface area contributed by atoms with Crippen LogP contribution < -0.4 is 5.32 Å². The lowest BCUT2D eigenvalue weighted by Gasteiger charge is -2.06. The second-order valence-corrected chi connectivity index (χ2v) is 6.35. The second kappa shape index (κ2) is 7.90. The molecule has 1 heterocycles. The smallest absolute Gasteiger partial charge is 0.311 e. The number of nitrogens with one attached hydrogen (secondary N) is 1. The van der Waals surface area contributed by atoms with Gasteiger partial charge in [-0.25, -0.2) is 4.98 Å². The lowest BCUT2D eigenvalue weighted by molar-refractivity contribution is -0.142. The molecule has 0 saturated carbocycles.